The monoisotopic (exact) mass is 407 g/mol. The van der Waals surface area contributed by atoms with E-state index in [0.717, 1.165) is 11.3 Å². The summed E-state index contributed by atoms with van der Waals surface area (Å²) in [7, 11) is 0. The third-order valence-electron chi connectivity index (χ3n) is 7.24. The molecule has 164 valence electrons. The number of hydrogen-bond donors (Lipinski definition) is 1. The second-order valence-electron chi connectivity index (χ2n) is 10.8. The molecule has 2 heteroatoms. The summed E-state index contributed by atoms with van der Waals surface area (Å²) in [6, 6.07) is 4.61. The Hall–Kier alpha value is -1.83. The van der Waals surface area contributed by atoms with E-state index >= 15 is 0 Å². The van der Waals surface area contributed by atoms with Crippen molar-refractivity contribution in [3.05, 3.63) is 52.1 Å². The normalized spacial score (nSPS) is 23.4. The van der Waals surface area contributed by atoms with E-state index in [1.54, 1.807) is 0 Å². The Kier molecular flexibility index (Phi) is 6.65. The Morgan fingerprint density at radius 3 is 1.90 bits per heavy atom. The molecule has 4 rings (SSSR count). The Bertz CT molecular complexity index is 840. The van der Waals surface area contributed by atoms with Crippen LogP contribution in [0.1, 0.15) is 103 Å². The molecule has 0 heterocycles. The first kappa shape index (κ1) is 22.8. The van der Waals surface area contributed by atoms with Crippen molar-refractivity contribution < 1.29 is 4.79 Å². The van der Waals surface area contributed by atoms with Gasteiger partial charge in [-0.1, -0.05) is 85.2 Å². The van der Waals surface area contributed by atoms with Crippen molar-refractivity contribution in [2.24, 2.45) is 23.7 Å². The molecule has 0 aromatic heterocycles. The molecule has 2 unspecified atom stereocenters. The van der Waals surface area contributed by atoms with Crippen molar-refractivity contribution in [3.8, 4) is 0 Å². The average Bonchev–Trinajstić information content (AvgIpc) is 2.67. The molecule has 1 aromatic carbocycles. The molecular weight excluding hydrogens is 366 g/mol. The molecule has 30 heavy (non-hydrogen) atoms. The summed E-state index contributed by atoms with van der Waals surface area (Å²) >= 11 is 0. The number of amides is 1. The van der Waals surface area contributed by atoms with E-state index in [1.807, 2.05) is 0 Å². The zero-order valence-corrected chi connectivity index (χ0v) is 20.5. The maximum absolute atomic E-state index is 13.6. The van der Waals surface area contributed by atoms with Crippen LogP contribution in [-0.2, 0) is 4.79 Å². The lowest BCUT2D eigenvalue weighted by molar-refractivity contribution is -0.113. The van der Waals surface area contributed by atoms with Crippen molar-refractivity contribution in [3.63, 3.8) is 0 Å². The fourth-order valence-electron chi connectivity index (χ4n) is 5.20. The van der Waals surface area contributed by atoms with Crippen LogP contribution in [0, 0.1) is 23.7 Å². The van der Waals surface area contributed by atoms with E-state index < -0.39 is 0 Å². The van der Waals surface area contributed by atoms with Crippen molar-refractivity contribution >= 4 is 11.6 Å². The maximum atomic E-state index is 13.6. The molecule has 0 fully saturated rings. The molecule has 3 atom stereocenters. The van der Waals surface area contributed by atoms with E-state index in [-0.39, 0.29) is 11.8 Å². The zero-order valence-electron chi connectivity index (χ0n) is 20.5. The first-order chi connectivity index (χ1) is 14.0. The topological polar surface area (TPSA) is 29.1 Å². The summed E-state index contributed by atoms with van der Waals surface area (Å²) in [6.45, 7) is 20.2. The van der Waals surface area contributed by atoms with Crippen LogP contribution in [0.15, 0.2) is 35.4 Å². The van der Waals surface area contributed by atoms with Gasteiger partial charge in [0.2, 0.25) is 0 Å². The van der Waals surface area contributed by atoms with E-state index in [0.29, 0.717) is 35.5 Å². The summed E-state index contributed by atoms with van der Waals surface area (Å²) in [6.07, 6.45) is 5.79. The van der Waals surface area contributed by atoms with Crippen LogP contribution in [0.4, 0.5) is 5.69 Å². The van der Waals surface area contributed by atoms with Gasteiger partial charge >= 0.3 is 0 Å². The SMILES string of the molecule is CC1=CC2C(C(=O)Nc3c(C(C)C)cc(C(C)C)cc3C(C)C)=C[C@@H]1CC2C(C)C. The van der Waals surface area contributed by atoms with E-state index in [9.17, 15) is 4.79 Å². The maximum Gasteiger partial charge on any atom is 0.251 e. The minimum atomic E-state index is 0.0974. The van der Waals surface area contributed by atoms with Crippen molar-refractivity contribution in [1.29, 1.82) is 0 Å². The van der Waals surface area contributed by atoms with E-state index in [2.05, 4.69) is 91.9 Å². The third-order valence-corrected chi connectivity index (χ3v) is 7.24. The Balaban J connectivity index is 2.00. The smallest absolute Gasteiger partial charge is 0.251 e. The summed E-state index contributed by atoms with van der Waals surface area (Å²) in [4.78, 5) is 13.6. The van der Waals surface area contributed by atoms with Gasteiger partial charge in [-0.3, -0.25) is 4.79 Å². The van der Waals surface area contributed by atoms with Crippen molar-refractivity contribution in [2.45, 2.75) is 86.5 Å². The van der Waals surface area contributed by atoms with Gasteiger partial charge < -0.3 is 5.32 Å². The summed E-state index contributed by atoms with van der Waals surface area (Å²) in [5.74, 6) is 3.10. The van der Waals surface area contributed by atoms with E-state index in [4.69, 9.17) is 0 Å². The molecule has 0 aliphatic heterocycles. The van der Waals surface area contributed by atoms with Crippen molar-refractivity contribution in [2.75, 3.05) is 5.32 Å². The Labute approximate surface area is 184 Å². The molecule has 0 spiro atoms. The van der Waals surface area contributed by atoms with Gasteiger partial charge in [0.25, 0.3) is 5.91 Å². The zero-order chi connectivity index (χ0) is 22.3. The first-order valence-electron chi connectivity index (χ1n) is 11.9. The number of nitrogens with one attached hydrogen (secondary N) is 1. The number of allylic oxidation sites excluding steroid dienone is 3. The Morgan fingerprint density at radius 2 is 1.47 bits per heavy atom. The minimum Gasteiger partial charge on any atom is -0.322 e. The van der Waals surface area contributed by atoms with Crippen LogP contribution in [-0.4, -0.2) is 5.91 Å². The first-order valence-corrected chi connectivity index (χ1v) is 11.9. The van der Waals surface area contributed by atoms with Gasteiger partial charge in [-0.2, -0.15) is 0 Å². The molecule has 0 saturated heterocycles. The fraction of sp³-hybridized carbons (Fsp3) is 0.607. The van der Waals surface area contributed by atoms with Gasteiger partial charge in [0.1, 0.15) is 0 Å². The number of hydrogen-bond acceptors (Lipinski definition) is 1. The van der Waals surface area contributed by atoms with Gasteiger partial charge in [-0.25, -0.2) is 0 Å². The second-order valence-corrected chi connectivity index (χ2v) is 10.8. The highest BCUT2D eigenvalue weighted by Gasteiger charge is 2.40. The molecule has 2 nitrogen and oxygen atoms in total. The average molecular weight is 408 g/mol. The number of fused-ring (bicyclic) bond motifs is 1. The number of benzene rings is 1. The standard InChI is InChI=1S/C28H41NO/c1-15(2)20-11-23(17(5)6)27(24(12-20)18(7)8)29-28(30)26-14-21-13-22(16(3)4)25(26)10-19(21)9/h10-12,14-18,21-22,25H,13H2,1-9H3,(H,29,30)/t21-,22?,25?/m0/s1. The molecule has 1 N–H and O–H groups in total. The number of anilines is 1. The highest BCUT2D eigenvalue weighted by molar-refractivity contribution is 6.05. The van der Waals surface area contributed by atoms with Crippen LogP contribution in [0.3, 0.4) is 0 Å². The molecule has 0 saturated carbocycles. The predicted octanol–water partition coefficient (Wildman–Crippen LogP) is 7.79. The molecule has 3 aliphatic rings. The number of rotatable bonds is 6. The van der Waals surface area contributed by atoms with Crippen LogP contribution in [0.2, 0.25) is 0 Å². The number of carbonyl (C=O) groups is 1. The molecule has 1 amide bonds. The fourth-order valence-corrected chi connectivity index (χ4v) is 5.20. The van der Waals surface area contributed by atoms with E-state index in [1.165, 1.54) is 28.7 Å². The highest BCUT2D eigenvalue weighted by Crippen LogP contribution is 2.47. The second kappa shape index (κ2) is 8.73. The summed E-state index contributed by atoms with van der Waals surface area (Å²) in [5, 5.41) is 3.40. The predicted molar refractivity (Wildman–Crippen MR) is 129 cm³/mol. The largest absolute Gasteiger partial charge is 0.322 e. The molecule has 0 radical (unpaired) electrons. The van der Waals surface area contributed by atoms with Crippen LogP contribution < -0.4 is 5.32 Å². The van der Waals surface area contributed by atoms with Gasteiger partial charge in [0.15, 0.2) is 0 Å². The highest BCUT2D eigenvalue weighted by atomic mass is 16.1. The van der Waals surface area contributed by atoms with Crippen LogP contribution >= 0.6 is 0 Å². The van der Waals surface area contributed by atoms with Crippen molar-refractivity contribution in [1.82, 2.24) is 0 Å². The molecule has 2 bridgehead atoms. The third kappa shape index (κ3) is 4.29. The van der Waals surface area contributed by atoms with Gasteiger partial charge in [-0.05, 0) is 65.5 Å². The van der Waals surface area contributed by atoms with Gasteiger partial charge in [0, 0.05) is 17.2 Å². The van der Waals surface area contributed by atoms with Gasteiger partial charge in [-0.15, -0.1) is 0 Å². The summed E-state index contributed by atoms with van der Waals surface area (Å²) < 4.78 is 0. The summed E-state index contributed by atoms with van der Waals surface area (Å²) in [5.41, 5.74) is 7.32. The lowest BCUT2D eigenvalue weighted by Gasteiger charge is -2.42. The number of carbonyl (C=O) groups excluding carboxylic acids is 1. The minimum absolute atomic E-state index is 0.0974. The quantitative estimate of drug-likeness (QED) is 0.479. The van der Waals surface area contributed by atoms with Crippen LogP contribution in [0.25, 0.3) is 0 Å². The lowest BCUT2D eigenvalue weighted by Crippen LogP contribution is -2.36. The molecule has 3 aliphatic carbocycles. The lowest BCUT2D eigenvalue weighted by atomic mass is 9.63. The van der Waals surface area contributed by atoms with Crippen LogP contribution in [0.5, 0.6) is 0 Å². The molecule has 1 aromatic rings. The Morgan fingerprint density at radius 1 is 0.900 bits per heavy atom. The molecular formula is C28H41NO. The van der Waals surface area contributed by atoms with Gasteiger partial charge in [0.05, 0.1) is 0 Å².